The highest BCUT2D eigenvalue weighted by Crippen LogP contribution is 2.09. The van der Waals surface area contributed by atoms with Gasteiger partial charge >= 0.3 is 0 Å². The fraction of sp³-hybridized carbons (Fsp3) is 0.300. The number of aryl methyl sites for hydroxylation is 1. The Morgan fingerprint density at radius 3 is 2.73 bits per heavy atom. The molecule has 0 heterocycles. The predicted octanol–water partition coefficient (Wildman–Crippen LogP) is 2.67. The van der Waals surface area contributed by atoms with Gasteiger partial charge in [0, 0.05) is 12.1 Å². The van der Waals surface area contributed by atoms with Crippen molar-refractivity contribution in [2.24, 2.45) is 0 Å². The molecule has 1 aromatic rings. The molecule has 1 rings (SSSR count). The Bertz CT molecular complexity index is 368. The van der Waals surface area contributed by atoms with Gasteiger partial charge in [-0.2, -0.15) is 0 Å². The molecule has 0 aliphatic rings. The van der Waals surface area contributed by atoms with Gasteiger partial charge < -0.3 is 5.32 Å². The minimum atomic E-state index is -0.643. The van der Waals surface area contributed by atoms with Crippen LogP contribution in [0.25, 0.3) is 0 Å². The normalized spacial score (nSPS) is 10.5. The monoisotopic (exact) mass is 249 g/mol. The van der Waals surface area contributed by atoms with Crippen LogP contribution in [0.5, 0.6) is 0 Å². The average Bonchev–Trinajstić information content (AvgIpc) is 2.18. The number of carbonyl (C=O) groups excluding carboxylic acids is 1. The largest absolute Gasteiger partial charge is 0.349 e. The van der Waals surface area contributed by atoms with Crippen LogP contribution < -0.4 is 5.32 Å². The summed E-state index contributed by atoms with van der Waals surface area (Å²) in [4.78, 5) is 10.8. The van der Waals surface area contributed by atoms with Crippen LogP contribution in [-0.2, 0) is 0 Å². The lowest BCUT2D eigenvalue weighted by molar-refractivity contribution is 0.0955. The Labute approximate surface area is 97.4 Å². The van der Waals surface area contributed by atoms with Crippen LogP contribution in [-0.4, -0.2) is 17.3 Å². The number of amides is 1. The molecule has 0 radical (unpaired) electrons. The van der Waals surface area contributed by atoms with E-state index in [1.165, 1.54) is 18.2 Å². The standard InChI is InChI=1S/C10H10Cl2FNO/c1-6-4-7(2-3-8(6)13)10(15)14-5-9(11)12/h2-4,9H,5H2,1H3,(H,14,15). The third-order valence-corrected chi connectivity index (χ3v) is 2.15. The molecular formula is C10H10Cl2FNO. The van der Waals surface area contributed by atoms with Crippen molar-refractivity contribution >= 4 is 29.1 Å². The SMILES string of the molecule is Cc1cc(C(=O)NCC(Cl)Cl)ccc1F. The van der Waals surface area contributed by atoms with Crippen molar-refractivity contribution in [1.82, 2.24) is 5.32 Å². The summed E-state index contributed by atoms with van der Waals surface area (Å²) in [5, 5.41) is 2.52. The zero-order chi connectivity index (χ0) is 11.4. The van der Waals surface area contributed by atoms with Gasteiger partial charge in [-0.15, -0.1) is 23.2 Å². The second-order valence-corrected chi connectivity index (χ2v) is 4.34. The molecule has 0 aliphatic carbocycles. The number of halogens is 3. The van der Waals surface area contributed by atoms with Gasteiger partial charge in [-0.05, 0) is 30.7 Å². The highest BCUT2D eigenvalue weighted by Gasteiger charge is 2.08. The molecule has 0 saturated carbocycles. The summed E-state index contributed by atoms with van der Waals surface area (Å²) in [5.74, 6) is -0.650. The maximum atomic E-state index is 12.9. The van der Waals surface area contributed by atoms with Gasteiger partial charge in [0.2, 0.25) is 0 Å². The first-order valence-corrected chi connectivity index (χ1v) is 5.20. The van der Waals surface area contributed by atoms with E-state index in [-0.39, 0.29) is 18.3 Å². The number of nitrogens with one attached hydrogen (secondary N) is 1. The molecule has 1 N–H and O–H groups in total. The predicted molar refractivity (Wildman–Crippen MR) is 59.0 cm³/mol. The van der Waals surface area contributed by atoms with Crippen molar-refractivity contribution in [3.63, 3.8) is 0 Å². The van der Waals surface area contributed by atoms with Crippen molar-refractivity contribution in [2.45, 2.75) is 11.8 Å². The van der Waals surface area contributed by atoms with E-state index in [9.17, 15) is 9.18 Å². The van der Waals surface area contributed by atoms with E-state index in [1.54, 1.807) is 6.92 Å². The fourth-order valence-corrected chi connectivity index (χ4v) is 1.21. The van der Waals surface area contributed by atoms with E-state index in [1.807, 2.05) is 0 Å². The van der Waals surface area contributed by atoms with Crippen LogP contribution in [0.2, 0.25) is 0 Å². The molecule has 0 saturated heterocycles. The Kier molecular flexibility index (Phi) is 4.36. The van der Waals surface area contributed by atoms with Gasteiger partial charge in [-0.3, -0.25) is 4.79 Å². The van der Waals surface area contributed by atoms with Crippen molar-refractivity contribution in [3.05, 3.63) is 35.1 Å². The second-order valence-electron chi connectivity index (χ2n) is 3.07. The van der Waals surface area contributed by atoms with Crippen LogP contribution >= 0.6 is 23.2 Å². The fourth-order valence-electron chi connectivity index (χ4n) is 1.06. The molecule has 0 aliphatic heterocycles. The third-order valence-electron chi connectivity index (χ3n) is 1.84. The van der Waals surface area contributed by atoms with Crippen molar-refractivity contribution in [1.29, 1.82) is 0 Å². The van der Waals surface area contributed by atoms with Gasteiger partial charge in [0.15, 0.2) is 0 Å². The minimum Gasteiger partial charge on any atom is -0.349 e. The second kappa shape index (κ2) is 5.33. The Morgan fingerprint density at radius 1 is 1.53 bits per heavy atom. The minimum absolute atomic E-state index is 0.165. The Balaban J connectivity index is 2.70. The molecular weight excluding hydrogens is 240 g/mol. The number of hydrogen-bond acceptors (Lipinski definition) is 1. The first kappa shape index (κ1) is 12.3. The molecule has 1 aromatic carbocycles. The third kappa shape index (κ3) is 3.68. The number of rotatable bonds is 3. The summed E-state index contributed by atoms with van der Waals surface area (Å²) in [7, 11) is 0. The summed E-state index contributed by atoms with van der Waals surface area (Å²) in [6, 6.07) is 4.14. The first-order valence-electron chi connectivity index (χ1n) is 4.33. The van der Waals surface area contributed by atoms with Crippen LogP contribution in [0.1, 0.15) is 15.9 Å². The molecule has 0 atom stereocenters. The van der Waals surface area contributed by atoms with E-state index in [0.29, 0.717) is 11.1 Å². The molecule has 0 spiro atoms. The van der Waals surface area contributed by atoms with Crippen molar-refractivity contribution in [3.8, 4) is 0 Å². The van der Waals surface area contributed by atoms with Gasteiger partial charge in [0.05, 0.1) is 0 Å². The van der Waals surface area contributed by atoms with Crippen LogP contribution in [0.15, 0.2) is 18.2 Å². The maximum absolute atomic E-state index is 12.9. The average molecular weight is 250 g/mol. The van der Waals surface area contributed by atoms with E-state index in [4.69, 9.17) is 23.2 Å². The van der Waals surface area contributed by atoms with Gasteiger partial charge in [-0.1, -0.05) is 0 Å². The Hall–Kier alpha value is -0.800. The molecule has 0 bridgehead atoms. The van der Waals surface area contributed by atoms with Crippen LogP contribution in [0.4, 0.5) is 4.39 Å². The number of alkyl halides is 2. The zero-order valence-corrected chi connectivity index (χ0v) is 9.57. The molecule has 82 valence electrons. The van der Waals surface area contributed by atoms with Crippen LogP contribution in [0, 0.1) is 12.7 Å². The van der Waals surface area contributed by atoms with E-state index < -0.39 is 4.84 Å². The van der Waals surface area contributed by atoms with Gasteiger partial charge in [-0.25, -0.2) is 4.39 Å². The van der Waals surface area contributed by atoms with Crippen molar-refractivity contribution < 1.29 is 9.18 Å². The summed E-state index contributed by atoms with van der Waals surface area (Å²) in [6.45, 7) is 1.76. The van der Waals surface area contributed by atoms with E-state index >= 15 is 0 Å². The summed E-state index contributed by atoms with van der Waals surface area (Å²) < 4.78 is 12.9. The highest BCUT2D eigenvalue weighted by atomic mass is 35.5. The summed E-state index contributed by atoms with van der Waals surface area (Å²) in [6.07, 6.45) is 0. The number of hydrogen-bond donors (Lipinski definition) is 1. The zero-order valence-electron chi connectivity index (χ0n) is 8.06. The van der Waals surface area contributed by atoms with Gasteiger partial charge in [0.1, 0.15) is 10.7 Å². The maximum Gasteiger partial charge on any atom is 0.251 e. The van der Waals surface area contributed by atoms with E-state index in [0.717, 1.165) is 0 Å². The molecule has 15 heavy (non-hydrogen) atoms. The molecule has 0 fully saturated rings. The lowest BCUT2D eigenvalue weighted by Crippen LogP contribution is -2.27. The molecule has 1 amide bonds. The lowest BCUT2D eigenvalue weighted by Gasteiger charge is -2.06. The lowest BCUT2D eigenvalue weighted by atomic mass is 10.1. The molecule has 0 aromatic heterocycles. The molecule has 2 nitrogen and oxygen atoms in total. The van der Waals surface area contributed by atoms with E-state index in [2.05, 4.69) is 5.32 Å². The smallest absolute Gasteiger partial charge is 0.251 e. The molecule has 5 heteroatoms. The summed E-state index contributed by atoms with van der Waals surface area (Å²) in [5.41, 5.74) is 0.818. The number of carbonyl (C=O) groups is 1. The topological polar surface area (TPSA) is 29.1 Å². The number of benzene rings is 1. The van der Waals surface area contributed by atoms with Crippen molar-refractivity contribution in [2.75, 3.05) is 6.54 Å². The van der Waals surface area contributed by atoms with Crippen LogP contribution in [0.3, 0.4) is 0 Å². The molecule has 0 unspecified atom stereocenters. The Morgan fingerprint density at radius 2 is 2.20 bits per heavy atom. The first-order chi connectivity index (χ1) is 7.00. The quantitative estimate of drug-likeness (QED) is 0.821. The summed E-state index contributed by atoms with van der Waals surface area (Å²) >= 11 is 10.9. The highest BCUT2D eigenvalue weighted by molar-refractivity contribution is 6.44. The van der Waals surface area contributed by atoms with Gasteiger partial charge in [0.25, 0.3) is 5.91 Å².